The van der Waals surface area contributed by atoms with Crippen molar-refractivity contribution < 1.29 is 14.3 Å². The summed E-state index contributed by atoms with van der Waals surface area (Å²) in [6.07, 6.45) is 0.800. The largest absolute Gasteiger partial charge is 0.380 e. The van der Waals surface area contributed by atoms with Crippen LogP contribution in [0, 0.1) is 0 Å². The minimum atomic E-state index is -0.0795. The molecule has 0 radical (unpaired) electrons. The van der Waals surface area contributed by atoms with Crippen molar-refractivity contribution in [3.8, 4) is 0 Å². The molecule has 1 amide bonds. The molecule has 0 bridgehead atoms. The number of hydrogen-bond donors (Lipinski definition) is 1. The van der Waals surface area contributed by atoms with E-state index in [0.717, 1.165) is 6.42 Å². The molecule has 0 heterocycles. The average molecular weight is 224 g/mol. The summed E-state index contributed by atoms with van der Waals surface area (Å²) in [5, 5.41) is 2.72. The Morgan fingerprint density at radius 1 is 1.36 bits per heavy atom. The fraction of sp³-hybridized carbons (Fsp3) is 0.889. The highest BCUT2D eigenvalue weighted by atomic mass is 35.5. The smallest absolute Gasteiger partial charge is 0.245 e. The summed E-state index contributed by atoms with van der Waals surface area (Å²) >= 11 is 5.41. The molecule has 0 aliphatic heterocycles. The zero-order chi connectivity index (χ0) is 10.6. The third-order valence-corrected chi connectivity index (χ3v) is 1.60. The van der Waals surface area contributed by atoms with Crippen LogP contribution < -0.4 is 5.32 Å². The monoisotopic (exact) mass is 223 g/mol. The summed E-state index contributed by atoms with van der Waals surface area (Å²) in [6.45, 7) is 4.36. The van der Waals surface area contributed by atoms with Gasteiger partial charge in [0.1, 0.15) is 6.61 Å². The van der Waals surface area contributed by atoms with Crippen LogP contribution in [-0.4, -0.2) is 44.8 Å². The van der Waals surface area contributed by atoms with Crippen molar-refractivity contribution >= 4 is 17.5 Å². The predicted molar refractivity (Wildman–Crippen MR) is 55.7 cm³/mol. The standard InChI is InChI=1S/C9H18ClNO3/c1-2-13-8-9(12)11-5-3-6-14-7-4-10/h2-8H2,1H3,(H,11,12). The molecule has 0 atom stereocenters. The van der Waals surface area contributed by atoms with E-state index < -0.39 is 0 Å². The highest BCUT2D eigenvalue weighted by Gasteiger charge is 1.98. The van der Waals surface area contributed by atoms with Gasteiger partial charge in [-0.25, -0.2) is 0 Å². The van der Waals surface area contributed by atoms with Gasteiger partial charge in [0.15, 0.2) is 0 Å². The number of carbonyl (C=O) groups is 1. The van der Waals surface area contributed by atoms with Crippen molar-refractivity contribution in [3.05, 3.63) is 0 Å². The summed E-state index contributed by atoms with van der Waals surface area (Å²) in [5.41, 5.74) is 0. The third-order valence-electron chi connectivity index (χ3n) is 1.45. The quantitative estimate of drug-likeness (QED) is 0.464. The van der Waals surface area contributed by atoms with Gasteiger partial charge in [-0.1, -0.05) is 0 Å². The van der Waals surface area contributed by atoms with Crippen LogP contribution in [0.3, 0.4) is 0 Å². The maximum absolute atomic E-state index is 11.0. The number of ether oxygens (including phenoxy) is 2. The maximum Gasteiger partial charge on any atom is 0.245 e. The van der Waals surface area contributed by atoms with Gasteiger partial charge in [-0.15, -0.1) is 11.6 Å². The average Bonchev–Trinajstić information content (AvgIpc) is 2.20. The third kappa shape index (κ3) is 9.77. The SMILES string of the molecule is CCOCC(=O)NCCCOCCCl. The molecule has 0 saturated carbocycles. The van der Waals surface area contributed by atoms with Gasteiger partial charge in [0.25, 0.3) is 0 Å². The molecule has 84 valence electrons. The molecule has 0 aromatic heterocycles. The second-order valence-electron chi connectivity index (χ2n) is 2.64. The zero-order valence-electron chi connectivity index (χ0n) is 8.55. The Kier molecular flexibility index (Phi) is 10.5. The lowest BCUT2D eigenvalue weighted by Crippen LogP contribution is -2.29. The zero-order valence-corrected chi connectivity index (χ0v) is 9.31. The lowest BCUT2D eigenvalue weighted by Gasteiger charge is -2.05. The fourth-order valence-corrected chi connectivity index (χ4v) is 0.914. The van der Waals surface area contributed by atoms with Crippen LogP contribution >= 0.6 is 11.6 Å². The molecule has 1 N–H and O–H groups in total. The minimum Gasteiger partial charge on any atom is -0.380 e. The van der Waals surface area contributed by atoms with E-state index >= 15 is 0 Å². The van der Waals surface area contributed by atoms with Crippen LogP contribution in [0.25, 0.3) is 0 Å². The predicted octanol–water partition coefficient (Wildman–Crippen LogP) is 0.785. The van der Waals surface area contributed by atoms with E-state index in [0.29, 0.717) is 32.2 Å². The lowest BCUT2D eigenvalue weighted by molar-refractivity contribution is -0.125. The number of amides is 1. The highest BCUT2D eigenvalue weighted by Crippen LogP contribution is 1.83. The Balaban J connectivity index is 3.07. The summed E-state index contributed by atoms with van der Waals surface area (Å²) in [4.78, 5) is 11.0. The van der Waals surface area contributed by atoms with Crippen molar-refractivity contribution in [3.63, 3.8) is 0 Å². The first-order valence-electron chi connectivity index (χ1n) is 4.79. The number of halogens is 1. The van der Waals surface area contributed by atoms with E-state index in [-0.39, 0.29) is 12.5 Å². The van der Waals surface area contributed by atoms with Crippen molar-refractivity contribution in [2.45, 2.75) is 13.3 Å². The normalized spacial score (nSPS) is 10.1. The first kappa shape index (κ1) is 13.7. The Morgan fingerprint density at radius 3 is 2.79 bits per heavy atom. The summed E-state index contributed by atoms with van der Waals surface area (Å²) < 4.78 is 10.1. The maximum atomic E-state index is 11.0. The van der Waals surface area contributed by atoms with Crippen LogP contribution in [0.5, 0.6) is 0 Å². The molecule has 0 rings (SSSR count). The van der Waals surface area contributed by atoms with Crippen molar-refractivity contribution in [2.24, 2.45) is 0 Å². The van der Waals surface area contributed by atoms with E-state index in [2.05, 4.69) is 5.32 Å². The van der Waals surface area contributed by atoms with Crippen LogP contribution in [-0.2, 0) is 14.3 Å². The molecule has 0 fully saturated rings. The van der Waals surface area contributed by atoms with E-state index in [4.69, 9.17) is 21.1 Å². The van der Waals surface area contributed by atoms with E-state index in [1.165, 1.54) is 0 Å². The molecule has 0 aromatic rings. The van der Waals surface area contributed by atoms with Crippen LogP contribution in [0.4, 0.5) is 0 Å². The topological polar surface area (TPSA) is 47.6 Å². The highest BCUT2D eigenvalue weighted by molar-refractivity contribution is 6.17. The first-order valence-corrected chi connectivity index (χ1v) is 5.32. The molecule has 0 saturated heterocycles. The van der Waals surface area contributed by atoms with Crippen molar-refractivity contribution in [1.82, 2.24) is 5.32 Å². The Labute approximate surface area is 89.9 Å². The number of hydrogen-bond acceptors (Lipinski definition) is 3. The second-order valence-corrected chi connectivity index (χ2v) is 3.02. The van der Waals surface area contributed by atoms with E-state index in [9.17, 15) is 4.79 Å². The number of alkyl halides is 1. The fourth-order valence-electron chi connectivity index (χ4n) is 0.804. The van der Waals surface area contributed by atoms with Gasteiger partial charge >= 0.3 is 0 Å². The molecule has 0 aliphatic carbocycles. The molecule has 14 heavy (non-hydrogen) atoms. The van der Waals surface area contributed by atoms with Gasteiger partial charge in [0.2, 0.25) is 5.91 Å². The molecule has 0 aliphatic rings. The molecule has 0 aromatic carbocycles. The van der Waals surface area contributed by atoms with E-state index in [1.807, 2.05) is 6.92 Å². The van der Waals surface area contributed by atoms with Crippen LogP contribution in [0.15, 0.2) is 0 Å². The number of rotatable bonds is 9. The van der Waals surface area contributed by atoms with Gasteiger partial charge in [-0.3, -0.25) is 4.79 Å². The second kappa shape index (κ2) is 10.8. The lowest BCUT2D eigenvalue weighted by atomic mass is 10.4. The molecule has 4 nitrogen and oxygen atoms in total. The van der Waals surface area contributed by atoms with Crippen molar-refractivity contribution in [2.75, 3.05) is 38.9 Å². The number of carbonyl (C=O) groups excluding carboxylic acids is 1. The minimum absolute atomic E-state index is 0.0795. The summed E-state index contributed by atoms with van der Waals surface area (Å²) in [5.74, 6) is 0.431. The first-order chi connectivity index (χ1) is 6.81. The molecular formula is C9H18ClNO3. The van der Waals surface area contributed by atoms with Gasteiger partial charge in [-0.2, -0.15) is 0 Å². The van der Waals surface area contributed by atoms with Crippen molar-refractivity contribution in [1.29, 1.82) is 0 Å². The molecular weight excluding hydrogens is 206 g/mol. The number of nitrogens with one attached hydrogen (secondary N) is 1. The van der Waals surface area contributed by atoms with Crippen LogP contribution in [0.2, 0.25) is 0 Å². The van der Waals surface area contributed by atoms with E-state index in [1.54, 1.807) is 0 Å². The Morgan fingerprint density at radius 2 is 2.14 bits per heavy atom. The molecule has 5 heteroatoms. The summed E-state index contributed by atoms with van der Waals surface area (Å²) in [6, 6.07) is 0. The molecule has 0 unspecified atom stereocenters. The van der Waals surface area contributed by atoms with Crippen LogP contribution in [0.1, 0.15) is 13.3 Å². The van der Waals surface area contributed by atoms with Gasteiger partial charge < -0.3 is 14.8 Å². The van der Waals surface area contributed by atoms with Gasteiger partial charge in [0.05, 0.1) is 6.61 Å². The van der Waals surface area contributed by atoms with Gasteiger partial charge in [0, 0.05) is 25.6 Å². The Hall–Kier alpha value is -0.320. The summed E-state index contributed by atoms with van der Waals surface area (Å²) in [7, 11) is 0. The Bertz CT molecular complexity index is 144. The molecule has 0 spiro atoms. The van der Waals surface area contributed by atoms with Gasteiger partial charge in [-0.05, 0) is 13.3 Å².